The molecule has 2 aromatic carbocycles. The Balaban J connectivity index is 1.41. The van der Waals surface area contributed by atoms with Crippen LogP contribution in [-0.2, 0) is 4.79 Å². The van der Waals surface area contributed by atoms with Crippen molar-refractivity contribution in [2.75, 3.05) is 37.6 Å². The largest absolute Gasteiger partial charge is 0.369 e. The van der Waals surface area contributed by atoms with E-state index in [9.17, 15) is 9.59 Å². The monoisotopic (exact) mass is 459 g/mol. The highest BCUT2D eigenvalue weighted by atomic mass is 32.2. The average Bonchev–Trinajstić information content (AvgIpc) is 3.16. The van der Waals surface area contributed by atoms with E-state index in [-0.39, 0.29) is 5.24 Å². The predicted octanol–water partition coefficient (Wildman–Crippen LogP) is 4.15. The van der Waals surface area contributed by atoms with Crippen LogP contribution in [0.3, 0.4) is 0 Å². The Morgan fingerprint density at radius 2 is 1.85 bits per heavy atom. The molecule has 2 saturated heterocycles. The first-order chi connectivity index (χ1) is 16.1. The highest BCUT2D eigenvalue weighted by molar-refractivity contribution is 8.18. The second-order valence-electron chi connectivity index (χ2n) is 8.20. The van der Waals surface area contributed by atoms with Crippen LogP contribution in [-0.4, -0.2) is 58.7 Å². The molecule has 8 heteroatoms. The van der Waals surface area contributed by atoms with Gasteiger partial charge in [-0.3, -0.25) is 19.8 Å². The number of fused-ring (bicyclic) bond motifs is 1. The molecule has 5 rings (SSSR count). The minimum absolute atomic E-state index is 0.306. The summed E-state index contributed by atoms with van der Waals surface area (Å²) in [6.07, 6.45) is 4.51. The maximum absolute atomic E-state index is 11.9. The molecule has 3 aromatic rings. The predicted molar refractivity (Wildman–Crippen MR) is 133 cm³/mol. The second-order valence-corrected chi connectivity index (χ2v) is 9.21. The number of carbonyl (C=O) groups is 2. The molecule has 0 aliphatic carbocycles. The lowest BCUT2D eigenvalue weighted by Crippen LogP contribution is -2.46. The maximum atomic E-state index is 11.9. The van der Waals surface area contributed by atoms with E-state index in [1.165, 1.54) is 18.7 Å². The molecule has 2 aliphatic heterocycles. The molecule has 0 saturated carbocycles. The number of imide groups is 1. The molecule has 2 fully saturated rings. The summed E-state index contributed by atoms with van der Waals surface area (Å²) in [4.78, 5) is 37.6. The summed E-state index contributed by atoms with van der Waals surface area (Å²) in [6, 6.07) is 14.7. The highest BCUT2D eigenvalue weighted by Crippen LogP contribution is 2.30. The van der Waals surface area contributed by atoms with Gasteiger partial charge >= 0.3 is 0 Å². The SMILES string of the molecule is CCCN1CCN(c2ccc(-c3cccc4cnc(C=C5SC(=O)NC5=O)nc34)cc2)CC1. The summed E-state index contributed by atoms with van der Waals surface area (Å²) >= 11 is 0.866. The third-order valence-corrected chi connectivity index (χ3v) is 6.80. The molecule has 1 aromatic heterocycles. The quantitative estimate of drug-likeness (QED) is 0.574. The number of hydrogen-bond donors (Lipinski definition) is 1. The van der Waals surface area contributed by atoms with E-state index in [0.29, 0.717) is 10.7 Å². The Morgan fingerprint density at radius 3 is 2.55 bits per heavy atom. The van der Waals surface area contributed by atoms with Crippen molar-refractivity contribution in [2.24, 2.45) is 0 Å². The van der Waals surface area contributed by atoms with Crippen LogP contribution in [0.1, 0.15) is 19.2 Å². The number of anilines is 1. The number of nitrogens with zero attached hydrogens (tertiary/aromatic N) is 4. The number of thioether (sulfide) groups is 1. The number of hydrogen-bond acceptors (Lipinski definition) is 7. The maximum Gasteiger partial charge on any atom is 0.290 e. The molecule has 7 nitrogen and oxygen atoms in total. The van der Waals surface area contributed by atoms with Crippen LogP contribution in [0.4, 0.5) is 10.5 Å². The van der Waals surface area contributed by atoms with Crippen molar-refractivity contribution < 1.29 is 9.59 Å². The first-order valence-corrected chi connectivity index (χ1v) is 12.0. The molecule has 2 aliphatic rings. The van der Waals surface area contributed by atoms with Crippen LogP contribution in [0.5, 0.6) is 0 Å². The zero-order valence-corrected chi connectivity index (χ0v) is 19.3. The van der Waals surface area contributed by atoms with E-state index >= 15 is 0 Å². The first kappa shape index (κ1) is 21.6. The van der Waals surface area contributed by atoms with E-state index in [0.717, 1.165) is 60.0 Å². The smallest absolute Gasteiger partial charge is 0.290 e. The zero-order valence-electron chi connectivity index (χ0n) is 18.5. The summed E-state index contributed by atoms with van der Waals surface area (Å²) in [5.74, 6) is -0.00281. The van der Waals surface area contributed by atoms with E-state index in [4.69, 9.17) is 4.98 Å². The fourth-order valence-corrected chi connectivity index (χ4v) is 4.96. The van der Waals surface area contributed by atoms with Crippen LogP contribution in [0.25, 0.3) is 28.1 Å². The molecule has 33 heavy (non-hydrogen) atoms. The molecule has 0 radical (unpaired) electrons. The van der Waals surface area contributed by atoms with E-state index in [2.05, 4.69) is 51.3 Å². The summed E-state index contributed by atoms with van der Waals surface area (Å²) in [6.45, 7) is 7.72. The van der Waals surface area contributed by atoms with Gasteiger partial charge < -0.3 is 4.90 Å². The summed E-state index contributed by atoms with van der Waals surface area (Å²) in [7, 11) is 0. The normalized spacial score (nSPS) is 18.3. The number of para-hydroxylation sites is 1. The van der Waals surface area contributed by atoms with E-state index in [1.807, 2.05) is 18.2 Å². The molecule has 0 spiro atoms. The van der Waals surface area contributed by atoms with E-state index < -0.39 is 5.91 Å². The zero-order chi connectivity index (χ0) is 22.8. The lowest BCUT2D eigenvalue weighted by atomic mass is 10.0. The van der Waals surface area contributed by atoms with Crippen LogP contribution >= 0.6 is 11.8 Å². The Kier molecular flexibility index (Phi) is 6.11. The Hall–Kier alpha value is -3.23. The topological polar surface area (TPSA) is 78.4 Å². The fraction of sp³-hybridized carbons (Fsp3) is 0.280. The van der Waals surface area contributed by atoms with Crippen LogP contribution in [0.15, 0.2) is 53.6 Å². The van der Waals surface area contributed by atoms with Gasteiger partial charge in [-0.1, -0.05) is 37.3 Å². The number of aromatic nitrogens is 2. The van der Waals surface area contributed by atoms with Gasteiger partial charge in [-0.25, -0.2) is 9.97 Å². The van der Waals surface area contributed by atoms with Crippen molar-refractivity contribution in [2.45, 2.75) is 13.3 Å². The lowest BCUT2D eigenvalue weighted by Gasteiger charge is -2.36. The van der Waals surface area contributed by atoms with Crippen molar-refractivity contribution in [1.29, 1.82) is 0 Å². The van der Waals surface area contributed by atoms with E-state index in [1.54, 1.807) is 12.3 Å². The minimum Gasteiger partial charge on any atom is -0.369 e. The lowest BCUT2D eigenvalue weighted by molar-refractivity contribution is -0.115. The second kappa shape index (κ2) is 9.33. The molecule has 168 valence electrons. The number of piperazine rings is 1. The molecule has 3 heterocycles. The molecule has 1 N–H and O–H groups in total. The fourth-order valence-electron chi connectivity index (χ4n) is 4.31. The summed E-state index contributed by atoms with van der Waals surface area (Å²) < 4.78 is 0. The highest BCUT2D eigenvalue weighted by Gasteiger charge is 2.25. The third-order valence-electron chi connectivity index (χ3n) is 5.99. The minimum atomic E-state index is -0.409. The number of rotatable bonds is 5. The standard InChI is InChI=1S/C25H25N5O2S/c1-2-10-29-11-13-30(14-12-29)19-8-6-17(7-9-19)20-5-3-4-18-16-26-22(27-23(18)20)15-21-24(31)28-25(32)33-21/h3-9,15-16H,2,10-14H2,1H3,(H,28,31,32). The van der Waals surface area contributed by atoms with Gasteiger partial charge in [-0.15, -0.1) is 0 Å². The van der Waals surface area contributed by atoms with Gasteiger partial charge in [0.05, 0.1) is 10.4 Å². The van der Waals surface area contributed by atoms with Crippen molar-refractivity contribution in [3.8, 4) is 11.1 Å². The van der Waals surface area contributed by atoms with Crippen molar-refractivity contribution in [3.05, 3.63) is 59.4 Å². The van der Waals surface area contributed by atoms with Crippen molar-refractivity contribution in [3.63, 3.8) is 0 Å². The molecule has 0 bridgehead atoms. The summed E-state index contributed by atoms with van der Waals surface area (Å²) in [5.41, 5.74) is 4.14. The first-order valence-electron chi connectivity index (χ1n) is 11.2. The van der Waals surface area contributed by atoms with Gasteiger partial charge in [0, 0.05) is 55.1 Å². The molecular weight excluding hydrogens is 434 g/mol. The van der Waals surface area contributed by atoms with Crippen molar-refractivity contribution >= 4 is 45.6 Å². The average molecular weight is 460 g/mol. The Morgan fingerprint density at radius 1 is 1.06 bits per heavy atom. The van der Waals surface area contributed by atoms with Crippen LogP contribution in [0, 0.1) is 0 Å². The van der Waals surface area contributed by atoms with Crippen molar-refractivity contribution in [1.82, 2.24) is 20.2 Å². The molecule has 2 amide bonds. The molecular formula is C25H25N5O2S. The van der Waals surface area contributed by atoms with Gasteiger partial charge in [0.2, 0.25) is 0 Å². The number of nitrogens with one attached hydrogen (secondary N) is 1. The van der Waals surface area contributed by atoms with Crippen LogP contribution < -0.4 is 10.2 Å². The number of benzene rings is 2. The van der Waals surface area contributed by atoms with Crippen LogP contribution in [0.2, 0.25) is 0 Å². The molecule has 0 unspecified atom stereocenters. The van der Waals surface area contributed by atoms with Gasteiger partial charge in [-0.05, 0) is 42.4 Å². The molecule has 0 atom stereocenters. The third kappa shape index (κ3) is 4.62. The number of amides is 2. The number of carbonyl (C=O) groups excluding carboxylic acids is 2. The Labute approximate surface area is 196 Å². The van der Waals surface area contributed by atoms with Gasteiger partial charge in [0.1, 0.15) is 0 Å². The van der Waals surface area contributed by atoms with Gasteiger partial charge in [-0.2, -0.15) is 0 Å². The summed E-state index contributed by atoms with van der Waals surface area (Å²) in [5, 5.41) is 2.80. The van der Waals surface area contributed by atoms with Gasteiger partial charge in [0.25, 0.3) is 11.1 Å². The Bertz CT molecular complexity index is 1230. The van der Waals surface area contributed by atoms with Gasteiger partial charge in [0.15, 0.2) is 5.82 Å².